The summed E-state index contributed by atoms with van der Waals surface area (Å²) in [5, 5.41) is 12.0. The molecule has 0 aliphatic carbocycles. The zero-order valence-corrected chi connectivity index (χ0v) is 11.2. The molecule has 4 heteroatoms. The maximum atomic E-state index is 8.78. The van der Waals surface area contributed by atoms with Crippen LogP contribution in [0.1, 0.15) is 12.0 Å². The minimum Gasteiger partial charge on any atom is -0.383 e. The molecule has 0 amide bonds. The Kier molecular flexibility index (Phi) is 6.38. The van der Waals surface area contributed by atoms with Gasteiger partial charge in [0.25, 0.3) is 0 Å². The largest absolute Gasteiger partial charge is 0.383 e. The lowest BCUT2D eigenvalue weighted by molar-refractivity contribution is 0.149. The third-order valence-corrected chi connectivity index (χ3v) is 2.79. The average Bonchev–Trinajstić information content (AvgIpc) is 2.34. The highest BCUT2D eigenvalue weighted by molar-refractivity contribution is 9.10. The van der Waals surface area contributed by atoms with Crippen molar-refractivity contribution in [2.24, 2.45) is 0 Å². The van der Waals surface area contributed by atoms with Gasteiger partial charge in [0.2, 0.25) is 0 Å². The van der Waals surface area contributed by atoms with Crippen molar-refractivity contribution in [2.45, 2.75) is 6.42 Å². The van der Waals surface area contributed by atoms with Gasteiger partial charge in [-0.15, -0.1) is 6.58 Å². The van der Waals surface area contributed by atoms with Crippen LogP contribution in [0.3, 0.4) is 0 Å². The summed E-state index contributed by atoms with van der Waals surface area (Å²) in [5.41, 5.74) is 1.61. The van der Waals surface area contributed by atoms with E-state index in [1.54, 1.807) is 6.07 Å². The molecule has 0 radical (unpaired) electrons. The van der Waals surface area contributed by atoms with Crippen LogP contribution in [0.15, 0.2) is 35.3 Å². The molecule has 0 aromatic heterocycles. The Morgan fingerprint density at radius 1 is 1.47 bits per heavy atom. The summed E-state index contributed by atoms with van der Waals surface area (Å²) in [4.78, 5) is 0. The van der Waals surface area contributed by atoms with Gasteiger partial charge in [0.05, 0.1) is 18.8 Å². The topological polar surface area (TPSA) is 45.0 Å². The molecule has 17 heavy (non-hydrogen) atoms. The molecule has 0 fully saturated rings. The summed E-state index contributed by atoms with van der Waals surface area (Å²) in [7, 11) is 0. The summed E-state index contributed by atoms with van der Waals surface area (Å²) in [5.74, 6) is 0. The number of nitrogens with zero attached hydrogens (tertiary/aromatic N) is 1. The standard InChI is InChI=1S/C13H15BrN2O/c1-2-3-7-17-8-6-16-12-5-4-11(10-15)13(14)9-12/h2,4-5,9,16H,1,3,6-8H2. The fourth-order valence-electron chi connectivity index (χ4n) is 1.25. The van der Waals surface area contributed by atoms with Gasteiger partial charge in [0, 0.05) is 16.7 Å². The second-order valence-electron chi connectivity index (χ2n) is 3.42. The summed E-state index contributed by atoms with van der Waals surface area (Å²) in [6.45, 7) is 5.74. The number of hydrogen-bond donors (Lipinski definition) is 1. The fourth-order valence-corrected chi connectivity index (χ4v) is 1.72. The maximum absolute atomic E-state index is 8.78. The van der Waals surface area contributed by atoms with Gasteiger partial charge in [-0.3, -0.25) is 0 Å². The number of halogens is 1. The first-order valence-electron chi connectivity index (χ1n) is 5.40. The quantitative estimate of drug-likeness (QED) is 0.620. The van der Waals surface area contributed by atoms with Gasteiger partial charge in [0.1, 0.15) is 6.07 Å². The summed E-state index contributed by atoms with van der Waals surface area (Å²) in [6, 6.07) is 7.66. The van der Waals surface area contributed by atoms with E-state index in [9.17, 15) is 0 Å². The molecule has 1 aromatic carbocycles. The zero-order chi connectivity index (χ0) is 12.5. The highest BCUT2D eigenvalue weighted by Crippen LogP contribution is 2.20. The third-order valence-electron chi connectivity index (χ3n) is 2.13. The van der Waals surface area contributed by atoms with E-state index in [0.29, 0.717) is 18.8 Å². The molecule has 1 N–H and O–H groups in total. The normalized spacial score (nSPS) is 9.65. The van der Waals surface area contributed by atoms with Crippen molar-refractivity contribution in [1.29, 1.82) is 5.26 Å². The zero-order valence-electron chi connectivity index (χ0n) is 9.58. The van der Waals surface area contributed by atoms with Crippen LogP contribution in [0.4, 0.5) is 5.69 Å². The van der Waals surface area contributed by atoms with Crippen LogP contribution in [-0.4, -0.2) is 19.8 Å². The van der Waals surface area contributed by atoms with Crippen molar-refractivity contribution >= 4 is 21.6 Å². The van der Waals surface area contributed by atoms with Crippen LogP contribution in [-0.2, 0) is 4.74 Å². The molecule has 0 saturated heterocycles. The van der Waals surface area contributed by atoms with E-state index in [2.05, 4.69) is 33.9 Å². The van der Waals surface area contributed by atoms with Gasteiger partial charge in [0.15, 0.2) is 0 Å². The van der Waals surface area contributed by atoms with Gasteiger partial charge < -0.3 is 10.1 Å². The van der Waals surface area contributed by atoms with Crippen molar-refractivity contribution < 1.29 is 4.74 Å². The maximum Gasteiger partial charge on any atom is 0.100 e. The average molecular weight is 295 g/mol. The Morgan fingerprint density at radius 3 is 2.94 bits per heavy atom. The molecule has 0 unspecified atom stereocenters. The van der Waals surface area contributed by atoms with Gasteiger partial charge in [-0.25, -0.2) is 0 Å². The summed E-state index contributed by atoms with van der Waals surface area (Å²) >= 11 is 3.35. The number of anilines is 1. The van der Waals surface area contributed by atoms with E-state index in [1.165, 1.54) is 0 Å². The molecule has 0 spiro atoms. The lowest BCUT2D eigenvalue weighted by Crippen LogP contribution is -2.09. The number of benzene rings is 1. The van der Waals surface area contributed by atoms with Crippen molar-refractivity contribution in [3.05, 3.63) is 40.9 Å². The van der Waals surface area contributed by atoms with Crippen molar-refractivity contribution in [3.63, 3.8) is 0 Å². The Bertz CT molecular complexity index is 412. The number of hydrogen-bond acceptors (Lipinski definition) is 3. The van der Waals surface area contributed by atoms with Gasteiger partial charge in [-0.05, 0) is 40.5 Å². The second-order valence-corrected chi connectivity index (χ2v) is 4.28. The van der Waals surface area contributed by atoms with Crippen LogP contribution < -0.4 is 5.32 Å². The van der Waals surface area contributed by atoms with E-state index in [0.717, 1.165) is 23.1 Å². The molecule has 0 bridgehead atoms. The molecule has 0 atom stereocenters. The Labute approximate surface area is 110 Å². The van der Waals surface area contributed by atoms with Crippen molar-refractivity contribution in [2.75, 3.05) is 25.1 Å². The monoisotopic (exact) mass is 294 g/mol. The van der Waals surface area contributed by atoms with E-state index in [1.807, 2.05) is 18.2 Å². The lowest BCUT2D eigenvalue weighted by atomic mass is 10.2. The molecule has 1 aromatic rings. The molecule has 90 valence electrons. The van der Waals surface area contributed by atoms with Crippen molar-refractivity contribution in [3.8, 4) is 6.07 Å². The van der Waals surface area contributed by atoms with Crippen molar-refractivity contribution in [1.82, 2.24) is 0 Å². The van der Waals surface area contributed by atoms with E-state index < -0.39 is 0 Å². The fraction of sp³-hybridized carbons (Fsp3) is 0.308. The van der Waals surface area contributed by atoms with E-state index in [-0.39, 0.29) is 0 Å². The first-order valence-corrected chi connectivity index (χ1v) is 6.19. The predicted octanol–water partition coefficient (Wildman–Crippen LogP) is 3.33. The minimum atomic E-state index is 0.637. The molecular weight excluding hydrogens is 280 g/mol. The Hall–Kier alpha value is -1.31. The molecule has 3 nitrogen and oxygen atoms in total. The number of nitrogens with one attached hydrogen (secondary N) is 1. The molecule has 1 rings (SSSR count). The number of rotatable bonds is 7. The van der Waals surface area contributed by atoms with Crippen LogP contribution in [0.5, 0.6) is 0 Å². The molecule has 0 aliphatic heterocycles. The first kappa shape index (κ1) is 13.8. The number of ether oxygens (including phenoxy) is 1. The Balaban J connectivity index is 2.30. The highest BCUT2D eigenvalue weighted by Gasteiger charge is 1.99. The van der Waals surface area contributed by atoms with E-state index >= 15 is 0 Å². The SMILES string of the molecule is C=CCCOCCNc1ccc(C#N)c(Br)c1. The smallest absolute Gasteiger partial charge is 0.100 e. The third kappa shape index (κ3) is 5.03. The molecular formula is C13H15BrN2O. The molecule has 0 aliphatic rings. The number of nitriles is 1. The van der Waals surface area contributed by atoms with Gasteiger partial charge in [-0.2, -0.15) is 5.26 Å². The highest BCUT2D eigenvalue weighted by atomic mass is 79.9. The van der Waals surface area contributed by atoms with Crippen LogP contribution in [0.25, 0.3) is 0 Å². The summed E-state index contributed by atoms with van der Waals surface area (Å²) in [6.07, 6.45) is 2.72. The summed E-state index contributed by atoms with van der Waals surface area (Å²) < 4.78 is 6.18. The first-order chi connectivity index (χ1) is 8.27. The van der Waals surface area contributed by atoms with Gasteiger partial charge >= 0.3 is 0 Å². The van der Waals surface area contributed by atoms with E-state index in [4.69, 9.17) is 10.00 Å². The predicted molar refractivity (Wildman–Crippen MR) is 73.0 cm³/mol. The molecule has 0 heterocycles. The van der Waals surface area contributed by atoms with Crippen LogP contribution in [0.2, 0.25) is 0 Å². The van der Waals surface area contributed by atoms with Gasteiger partial charge in [-0.1, -0.05) is 6.08 Å². The van der Waals surface area contributed by atoms with Crippen LogP contribution >= 0.6 is 15.9 Å². The van der Waals surface area contributed by atoms with Crippen LogP contribution in [0, 0.1) is 11.3 Å². The second kappa shape index (κ2) is 7.88. The molecule has 0 saturated carbocycles. The lowest BCUT2D eigenvalue weighted by Gasteiger charge is -2.07. The minimum absolute atomic E-state index is 0.637. The Morgan fingerprint density at radius 2 is 2.29 bits per heavy atom.